The van der Waals surface area contributed by atoms with Crippen LogP contribution in [0.25, 0.3) is 17.1 Å². The first-order chi connectivity index (χ1) is 16.9. The summed E-state index contributed by atoms with van der Waals surface area (Å²) in [7, 11) is 3.27. The standard InChI is InChI=1S/C26H36N2O8/c1-15(16(2)29)10-11-19(30)24-20(35-26(3,4)36-24)9-7-8-17-22(25(31)32)21(34-14-33-6)12-18-23(17)27-13-28(18)5/h7-8,10-13,15-16,19-20,24,29-30H,9,14H2,1-6H3,(H,31,32)/b8-7+,11-10-/t15-,16-,19?,20+,24+/m0/s1. The molecule has 1 aliphatic heterocycles. The van der Waals surface area contributed by atoms with Crippen molar-refractivity contribution in [2.45, 2.75) is 64.3 Å². The lowest BCUT2D eigenvalue weighted by Crippen LogP contribution is -2.34. The summed E-state index contributed by atoms with van der Waals surface area (Å²) in [5, 5.41) is 30.4. The molecule has 1 fully saturated rings. The van der Waals surface area contributed by atoms with Crippen LogP contribution in [0.4, 0.5) is 0 Å². The highest BCUT2D eigenvalue weighted by Crippen LogP contribution is 2.34. The quantitative estimate of drug-likeness (QED) is 0.312. The first kappa shape index (κ1) is 27.8. The SMILES string of the molecule is COCOc1cc2c(ncn2C)c(/C=C/C[C@H]2OC(C)(C)O[C@@H]2C(O)/C=C\[C@H](C)[C@H](C)O)c1C(=O)O. The van der Waals surface area contributed by atoms with Crippen LogP contribution in [-0.2, 0) is 21.3 Å². The van der Waals surface area contributed by atoms with Crippen LogP contribution in [-0.4, -0.2) is 74.9 Å². The first-order valence-corrected chi connectivity index (χ1v) is 11.8. The number of ether oxygens (including phenoxy) is 4. The number of aliphatic hydroxyl groups excluding tert-OH is 2. The Morgan fingerprint density at radius 3 is 2.64 bits per heavy atom. The zero-order chi connectivity index (χ0) is 26.6. The molecule has 3 rings (SSSR count). The highest BCUT2D eigenvalue weighted by molar-refractivity contribution is 6.03. The number of hydrogen-bond donors (Lipinski definition) is 3. The van der Waals surface area contributed by atoms with E-state index in [1.165, 1.54) is 7.11 Å². The Balaban J connectivity index is 1.90. The van der Waals surface area contributed by atoms with Gasteiger partial charge in [0.25, 0.3) is 0 Å². The van der Waals surface area contributed by atoms with E-state index in [2.05, 4.69) is 4.98 Å². The second-order valence-corrected chi connectivity index (χ2v) is 9.49. The van der Waals surface area contributed by atoms with Gasteiger partial charge >= 0.3 is 5.97 Å². The van der Waals surface area contributed by atoms with Crippen molar-refractivity contribution in [2.24, 2.45) is 13.0 Å². The second-order valence-electron chi connectivity index (χ2n) is 9.49. The van der Waals surface area contributed by atoms with Gasteiger partial charge in [0.05, 0.1) is 29.6 Å². The summed E-state index contributed by atoms with van der Waals surface area (Å²) in [5.41, 5.74) is 1.60. The van der Waals surface area contributed by atoms with Gasteiger partial charge in [-0.25, -0.2) is 9.78 Å². The summed E-state index contributed by atoms with van der Waals surface area (Å²) in [6.07, 6.45) is 6.16. The first-order valence-electron chi connectivity index (χ1n) is 11.8. The van der Waals surface area contributed by atoms with Crippen LogP contribution in [0.5, 0.6) is 5.75 Å². The van der Waals surface area contributed by atoms with E-state index in [0.29, 0.717) is 23.0 Å². The molecule has 1 aliphatic rings. The summed E-state index contributed by atoms with van der Waals surface area (Å²) < 4.78 is 24.3. The molecule has 10 heteroatoms. The molecule has 1 aromatic heterocycles. The second kappa shape index (κ2) is 11.5. The van der Waals surface area contributed by atoms with E-state index in [9.17, 15) is 20.1 Å². The summed E-state index contributed by atoms with van der Waals surface area (Å²) in [6.45, 7) is 6.99. The zero-order valence-corrected chi connectivity index (χ0v) is 21.5. The predicted octanol–water partition coefficient (Wildman–Crippen LogP) is 3.11. The molecule has 0 bridgehead atoms. The third-order valence-electron chi connectivity index (χ3n) is 6.15. The predicted molar refractivity (Wildman–Crippen MR) is 134 cm³/mol. The van der Waals surface area contributed by atoms with E-state index >= 15 is 0 Å². The molecule has 0 aliphatic carbocycles. The molecule has 2 aromatic rings. The molecule has 36 heavy (non-hydrogen) atoms. The van der Waals surface area contributed by atoms with Crippen molar-refractivity contribution in [2.75, 3.05) is 13.9 Å². The fraction of sp³-hybridized carbons (Fsp3) is 0.538. The van der Waals surface area contributed by atoms with Crippen molar-refractivity contribution in [1.82, 2.24) is 9.55 Å². The lowest BCUT2D eigenvalue weighted by atomic mass is 9.99. The van der Waals surface area contributed by atoms with Crippen LogP contribution in [0, 0.1) is 5.92 Å². The minimum absolute atomic E-state index is 0.0231. The Kier molecular flexibility index (Phi) is 8.91. The van der Waals surface area contributed by atoms with Crippen LogP contribution in [0.1, 0.15) is 50.0 Å². The number of carboxylic acid groups (broad SMARTS) is 1. The van der Waals surface area contributed by atoms with Gasteiger partial charge in [-0.2, -0.15) is 0 Å². The third kappa shape index (κ3) is 6.32. The van der Waals surface area contributed by atoms with Crippen LogP contribution in [0.2, 0.25) is 0 Å². The molecule has 2 heterocycles. The zero-order valence-electron chi connectivity index (χ0n) is 21.5. The van der Waals surface area contributed by atoms with Crippen molar-refractivity contribution in [3.8, 4) is 5.75 Å². The van der Waals surface area contributed by atoms with Crippen molar-refractivity contribution >= 4 is 23.1 Å². The number of carbonyl (C=O) groups is 1. The van der Waals surface area contributed by atoms with Gasteiger partial charge < -0.3 is 38.8 Å². The summed E-state index contributed by atoms with van der Waals surface area (Å²) >= 11 is 0. The Hall–Kier alpha value is -2.76. The minimum atomic E-state index is -1.15. The Morgan fingerprint density at radius 2 is 2.00 bits per heavy atom. The van der Waals surface area contributed by atoms with Crippen molar-refractivity contribution in [1.29, 1.82) is 0 Å². The summed E-state index contributed by atoms with van der Waals surface area (Å²) in [4.78, 5) is 16.6. The smallest absolute Gasteiger partial charge is 0.340 e. The number of fused-ring (bicyclic) bond motifs is 1. The number of rotatable bonds is 11. The Morgan fingerprint density at radius 1 is 1.28 bits per heavy atom. The van der Waals surface area contributed by atoms with Gasteiger partial charge in [-0.05, 0) is 33.1 Å². The molecule has 10 nitrogen and oxygen atoms in total. The molecular formula is C26H36N2O8. The molecule has 198 valence electrons. The van der Waals surface area contributed by atoms with Gasteiger partial charge in [0.1, 0.15) is 23.5 Å². The number of imidazole rings is 1. The van der Waals surface area contributed by atoms with E-state index < -0.39 is 36.2 Å². The van der Waals surface area contributed by atoms with Gasteiger partial charge in [0.15, 0.2) is 12.6 Å². The van der Waals surface area contributed by atoms with E-state index in [0.717, 1.165) is 0 Å². The maximum Gasteiger partial charge on any atom is 0.340 e. The molecule has 0 spiro atoms. The normalized spacial score (nSPS) is 22.4. The van der Waals surface area contributed by atoms with Gasteiger partial charge in [0, 0.05) is 25.8 Å². The van der Waals surface area contributed by atoms with Crippen molar-refractivity contribution in [3.63, 3.8) is 0 Å². The topological polar surface area (TPSA) is 132 Å². The number of hydrogen-bond acceptors (Lipinski definition) is 8. The maximum atomic E-state index is 12.2. The monoisotopic (exact) mass is 504 g/mol. The number of methoxy groups -OCH3 is 1. The Labute approximate surface area is 210 Å². The Bertz CT molecular complexity index is 1120. The van der Waals surface area contributed by atoms with E-state index in [1.807, 2.05) is 14.0 Å². The largest absolute Gasteiger partial charge is 0.478 e. The highest BCUT2D eigenvalue weighted by Gasteiger charge is 2.43. The van der Waals surface area contributed by atoms with Gasteiger partial charge in [-0.3, -0.25) is 0 Å². The number of benzene rings is 1. The molecule has 0 radical (unpaired) electrons. The van der Waals surface area contributed by atoms with E-state index in [4.69, 9.17) is 18.9 Å². The van der Waals surface area contributed by atoms with Crippen LogP contribution < -0.4 is 4.74 Å². The molecule has 5 atom stereocenters. The average Bonchev–Trinajstić information content (AvgIpc) is 3.33. The average molecular weight is 505 g/mol. The molecule has 3 N–H and O–H groups in total. The fourth-order valence-electron chi connectivity index (χ4n) is 4.10. The number of aromatic nitrogens is 2. The number of aryl methyl sites for hydroxylation is 1. The molecular weight excluding hydrogens is 468 g/mol. The van der Waals surface area contributed by atoms with Crippen molar-refractivity contribution < 1.29 is 39.1 Å². The van der Waals surface area contributed by atoms with Gasteiger partial charge in [0.2, 0.25) is 0 Å². The number of nitrogens with zero attached hydrogens (tertiary/aromatic N) is 2. The van der Waals surface area contributed by atoms with Crippen LogP contribution >= 0.6 is 0 Å². The highest BCUT2D eigenvalue weighted by atomic mass is 16.8. The number of carboxylic acids is 1. The minimum Gasteiger partial charge on any atom is -0.478 e. The lowest BCUT2D eigenvalue weighted by Gasteiger charge is -2.20. The fourth-order valence-corrected chi connectivity index (χ4v) is 4.10. The molecule has 0 saturated carbocycles. The van der Waals surface area contributed by atoms with E-state index in [1.54, 1.807) is 62.0 Å². The van der Waals surface area contributed by atoms with Crippen molar-refractivity contribution in [3.05, 3.63) is 41.7 Å². The lowest BCUT2D eigenvalue weighted by molar-refractivity contribution is -0.152. The van der Waals surface area contributed by atoms with Crippen LogP contribution in [0.3, 0.4) is 0 Å². The molecule has 1 saturated heterocycles. The van der Waals surface area contributed by atoms with Crippen LogP contribution in [0.15, 0.2) is 30.6 Å². The number of aliphatic hydroxyl groups is 2. The van der Waals surface area contributed by atoms with E-state index in [-0.39, 0.29) is 24.0 Å². The summed E-state index contributed by atoms with van der Waals surface area (Å²) in [5.74, 6) is -2.01. The molecule has 1 aromatic carbocycles. The van der Waals surface area contributed by atoms with Gasteiger partial charge in [-0.1, -0.05) is 31.2 Å². The van der Waals surface area contributed by atoms with Gasteiger partial charge in [-0.15, -0.1) is 0 Å². The molecule has 0 amide bonds. The molecule has 1 unspecified atom stereocenters. The number of aromatic carboxylic acids is 1. The maximum absolute atomic E-state index is 12.2. The third-order valence-corrected chi connectivity index (χ3v) is 6.15. The summed E-state index contributed by atoms with van der Waals surface area (Å²) in [6, 6.07) is 1.63.